The topological polar surface area (TPSA) is 114 Å². The zero-order chi connectivity index (χ0) is 21.7. The average Bonchev–Trinajstić information content (AvgIpc) is 3.40. The summed E-state index contributed by atoms with van der Waals surface area (Å²) in [5.41, 5.74) is 8.51. The number of hydrogen-bond acceptors (Lipinski definition) is 5. The molecule has 0 aliphatic carbocycles. The lowest BCUT2D eigenvalue weighted by Crippen LogP contribution is -2.24. The van der Waals surface area contributed by atoms with Crippen molar-refractivity contribution < 1.29 is 14.7 Å². The highest BCUT2D eigenvalue weighted by Gasteiger charge is 2.25. The molecule has 30 heavy (non-hydrogen) atoms. The Morgan fingerprint density at radius 1 is 1.33 bits per heavy atom. The minimum atomic E-state index is -0.722. The van der Waals surface area contributed by atoms with Crippen molar-refractivity contribution in [1.82, 2.24) is 19.4 Å². The molecule has 1 saturated heterocycles. The fourth-order valence-corrected chi connectivity index (χ4v) is 2.92. The van der Waals surface area contributed by atoms with Gasteiger partial charge in [-0.2, -0.15) is 0 Å². The van der Waals surface area contributed by atoms with Crippen LogP contribution in [-0.2, 0) is 4.79 Å². The van der Waals surface area contributed by atoms with Crippen LogP contribution >= 0.6 is 0 Å². The monoisotopic (exact) mass is 403 g/mol. The minimum Gasteiger partial charge on any atom is -0.383 e. The number of pyridine rings is 1. The molecule has 1 aliphatic rings. The largest absolute Gasteiger partial charge is 0.383 e. The Morgan fingerprint density at radius 2 is 2.13 bits per heavy atom. The SMILES string of the molecule is C#Cc1cccc(-c2cc(-n3ccnc3)cc(C(N)=O)n2)c1.CN1CC[C@H](O)C1=O. The van der Waals surface area contributed by atoms with Crippen LogP contribution in [0.3, 0.4) is 0 Å². The van der Waals surface area contributed by atoms with Crippen LogP contribution in [0.2, 0.25) is 0 Å². The van der Waals surface area contributed by atoms with Crippen molar-refractivity contribution >= 4 is 11.8 Å². The number of likely N-dealkylation sites (N-methyl/N-ethyl adjacent to an activating group) is 1. The van der Waals surface area contributed by atoms with E-state index in [0.717, 1.165) is 16.8 Å². The number of amides is 2. The minimum absolute atomic E-state index is 0.148. The zero-order valence-electron chi connectivity index (χ0n) is 16.4. The predicted octanol–water partition coefficient (Wildman–Crippen LogP) is 1.22. The maximum atomic E-state index is 11.5. The molecule has 0 radical (unpaired) electrons. The Balaban J connectivity index is 0.000000269. The van der Waals surface area contributed by atoms with E-state index in [4.69, 9.17) is 17.3 Å². The van der Waals surface area contributed by atoms with E-state index >= 15 is 0 Å². The number of carbonyl (C=O) groups is 2. The van der Waals surface area contributed by atoms with Gasteiger partial charge in [-0.25, -0.2) is 9.97 Å². The lowest BCUT2D eigenvalue weighted by atomic mass is 10.1. The highest BCUT2D eigenvalue weighted by molar-refractivity contribution is 5.92. The Labute approximate surface area is 174 Å². The van der Waals surface area contributed by atoms with Crippen LogP contribution in [0.4, 0.5) is 0 Å². The molecule has 0 unspecified atom stereocenters. The summed E-state index contributed by atoms with van der Waals surface area (Å²) in [7, 11) is 1.69. The first-order valence-corrected chi connectivity index (χ1v) is 9.19. The van der Waals surface area contributed by atoms with Crippen molar-refractivity contribution in [2.45, 2.75) is 12.5 Å². The van der Waals surface area contributed by atoms with Gasteiger partial charge in [-0.05, 0) is 30.7 Å². The molecule has 8 heteroatoms. The third kappa shape index (κ3) is 4.71. The second kappa shape index (κ2) is 9.03. The second-order valence-corrected chi connectivity index (χ2v) is 6.72. The summed E-state index contributed by atoms with van der Waals surface area (Å²) < 4.78 is 1.78. The van der Waals surface area contributed by atoms with Crippen LogP contribution in [-0.4, -0.2) is 56.1 Å². The summed E-state index contributed by atoms with van der Waals surface area (Å²) >= 11 is 0. The third-order valence-corrected chi connectivity index (χ3v) is 4.59. The number of imidazole rings is 1. The molecular formula is C22H21N5O3. The summed E-state index contributed by atoms with van der Waals surface area (Å²) in [6.07, 6.45) is 10.4. The van der Waals surface area contributed by atoms with E-state index in [9.17, 15) is 9.59 Å². The molecular weight excluding hydrogens is 382 g/mol. The highest BCUT2D eigenvalue weighted by Crippen LogP contribution is 2.22. The van der Waals surface area contributed by atoms with Gasteiger partial charge in [0.1, 0.15) is 11.8 Å². The van der Waals surface area contributed by atoms with Crippen molar-refractivity contribution in [3.63, 3.8) is 0 Å². The lowest BCUT2D eigenvalue weighted by Gasteiger charge is -2.08. The fourth-order valence-electron chi connectivity index (χ4n) is 2.92. The molecule has 1 fully saturated rings. The number of aliphatic hydroxyl groups is 1. The van der Waals surface area contributed by atoms with Gasteiger partial charge in [0.2, 0.25) is 0 Å². The van der Waals surface area contributed by atoms with Crippen LogP contribution in [0.5, 0.6) is 0 Å². The normalized spacial score (nSPS) is 15.3. The molecule has 0 spiro atoms. The van der Waals surface area contributed by atoms with Gasteiger partial charge in [-0.1, -0.05) is 18.1 Å². The van der Waals surface area contributed by atoms with E-state index in [-0.39, 0.29) is 11.6 Å². The molecule has 152 valence electrons. The predicted molar refractivity (Wildman–Crippen MR) is 112 cm³/mol. The standard InChI is InChI=1S/C17H12N4O.C5H9NO2/c1-2-12-4-3-5-13(8-12)15-9-14(21-7-6-19-11-21)10-16(20-15)17(18)22;1-6-3-2-4(7)5(6)8/h1,3-11H,(H2,18,22);4,7H,2-3H2,1H3/t;4-/m.0/s1. The summed E-state index contributed by atoms with van der Waals surface area (Å²) in [5.74, 6) is 1.85. The molecule has 8 nitrogen and oxygen atoms in total. The van der Waals surface area contributed by atoms with E-state index in [1.165, 1.54) is 4.90 Å². The van der Waals surface area contributed by atoms with Gasteiger partial charge in [0.05, 0.1) is 17.7 Å². The molecule has 3 N–H and O–H groups in total. The number of terminal acetylenes is 1. The van der Waals surface area contributed by atoms with E-state index in [1.54, 1.807) is 36.4 Å². The van der Waals surface area contributed by atoms with Gasteiger partial charge in [0, 0.05) is 37.1 Å². The molecule has 2 amide bonds. The van der Waals surface area contributed by atoms with Crippen LogP contribution in [0.15, 0.2) is 55.1 Å². The Hall–Kier alpha value is -3.96. The van der Waals surface area contributed by atoms with Crippen LogP contribution < -0.4 is 5.73 Å². The second-order valence-electron chi connectivity index (χ2n) is 6.72. The van der Waals surface area contributed by atoms with E-state index in [2.05, 4.69) is 15.9 Å². The van der Waals surface area contributed by atoms with Crippen molar-refractivity contribution in [1.29, 1.82) is 0 Å². The maximum Gasteiger partial charge on any atom is 0.267 e. The van der Waals surface area contributed by atoms with Gasteiger partial charge < -0.3 is 20.3 Å². The Morgan fingerprint density at radius 3 is 2.67 bits per heavy atom. The molecule has 2 aromatic heterocycles. The zero-order valence-corrected chi connectivity index (χ0v) is 16.4. The summed E-state index contributed by atoms with van der Waals surface area (Å²) in [6, 6.07) is 10.9. The number of aromatic nitrogens is 3. The average molecular weight is 403 g/mol. The molecule has 3 heterocycles. The number of aliphatic hydroxyl groups excluding tert-OH is 1. The molecule has 0 saturated carbocycles. The van der Waals surface area contributed by atoms with Crippen molar-refractivity contribution in [3.05, 3.63) is 66.4 Å². The first kappa shape index (κ1) is 20.8. The number of primary amides is 1. The highest BCUT2D eigenvalue weighted by atomic mass is 16.3. The summed E-state index contributed by atoms with van der Waals surface area (Å²) in [4.78, 5) is 32.0. The number of hydrogen-bond donors (Lipinski definition) is 2. The molecule has 1 atom stereocenters. The van der Waals surface area contributed by atoms with Gasteiger partial charge >= 0.3 is 0 Å². The Bertz CT molecular complexity index is 1090. The molecule has 1 aromatic carbocycles. The van der Waals surface area contributed by atoms with Crippen LogP contribution in [0.25, 0.3) is 16.9 Å². The summed E-state index contributed by atoms with van der Waals surface area (Å²) in [5, 5.41) is 8.78. The molecule has 0 bridgehead atoms. The first-order chi connectivity index (χ1) is 14.4. The molecule has 4 rings (SSSR count). The smallest absolute Gasteiger partial charge is 0.267 e. The van der Waals surface area contributed by atoms with E-state index in [1.807, 2.05) is 30.3 Å². The first-order valence-electron chi connectivity index (χ1n) is 9.19. The van der Waals surface area contributed by atoms with Gasteiger partial charge in [-0.15, -0.1) is 6.42 Å². The van der Waals surface area contributed by atoms with Crippen molar-refractivity contribution in [3.8, 4) is 29.3 Å². The van der Waals surface area contributed by atoms with Crippen LogP contribution in [0, 0.1) is 12.3 Å². The van der Waals surface area contributed by atoms with Gasteiger partial charge in [0.25, 0.3) is 11.8 Å². The fraction of sp³-hybridized carbons (Fsp3) is 0.182. The summed E-state index contributed by atoms with van der Waals surface area (Å²) in [6.45, 7) is 0.694. The van der Waals surface area contributed by atoms with Crippen LogP contribution in [0.1, 0.15) is 22.5 Å². The number of benzene rings is 1. The molecule has 1 aliphatic heterocycles. The van der Waals surface area contributed by atoms with Crippen molar-refractivity contribution in [2.24, 2.45) is 5.73 Å². The van der Waals surface area contributed by atoms with Gasteiger partial charge in [-0.3, -0.25) is 9.59 Å². The molecule has 3 aromatic rings. The number of carbonyl (C=O) groups excluding carboxylic acids is 2. The number of nitrogens with two attached hydrogens (primary N) is 1. The van der Waals surface area contributed by atoms with E-state index in [0.29, 0.717) is 18.7 Å². The van der Waals surface area contributed by atoms with Crippen molar-refractivity contribution in [2.75, 3.05) is 13.6 Å². The number of rotatable bonds is 3. The lowest BCUT2D eigenvalue weighted by molar-refractivity contribution is -0.133. The number of likely N-dealkylation sites (tertiary alicyclic amines) is 1. The number of nitrogens with zero attached hydrogens (tertiary/aromatic N) is 4. The maximum absolute atomic E-state index is 11.5. The van der Waals surface area contributed by atoms with Gasteiger partial charge in [0.15, 0.2) is 0 Å². The Kier molecular flexibility index (Phi) is 6.25. The quantitative estimate of drug-likeness (QED) is 0.639. The van der Waals surface area contributed by atoms with E-state index < -0.39 is 12.0 Å². The third-order valence-electron chi connectivity index (χ3n) is 4.59.